The normalized spacial score (nSPS) is 13.1. The van der Waals surface area contributed by atoms with E-state index < -0.39 is 0 Å². The Kier molecular flexibility index (Phi) is 6.33. The van der Waals surface area contributed by atoms with Gasteiger partial charge in [-0.1, -0.05) is 31.0 Å². The van der Waals surface area contributed by atoms with E-state index in [1.165, 1.54) is 5.56 Å². The predicted octanol–water partition coefficient (Wildman–Crippen LogP) is 5.26. The summed E-state index contributed by atoms with van der Waals surface area (Å²) >= 11 is 0. The molecular weight excluding hydrogens is 408 g/mol. The summed E-state index contributed by atoms with van der Waals surface area (Å²) in [6.07, 6.45) is 1.86. The Labute approximate surface area is 195 Å². The summed E-state index contributed by atoms with van der Waals surface area (Å²) in [4.78, 5) is 23.2. The summed E-state index contributed by atoms with van der Waals surface area (Å²) in [6.45, 7) is 9.51. The van der Waals surface area contributed by atoms with E-state index in [0.29, 0.717) is 30.4 Å². The number of nitrogens with one attached hydrogen (secondary N) is 1. The van der Waals surface area contributed by atoms with Crippen LogP contribution in [0.15, 0.2) is 36.4 Å². The van der Waals surface area contributed by atoms with Crippen LogP contribution in [0.1, 0.15) is 69.8 Å². The van der Waals surface area contributed by atoms with Gasteiger partial charge in [-0.2, -0.15) is 5.26 Å². The van der Waals surface area contributed by atoms with Crippen LogP contribution < -0.4 is 0 Å². The van der Waals surface area contributed by atoms with E-state index in [9.17, 15) is 4.79 Å². The second kappa shape index (κ2) is 9.35. The number of carbonyl (C=O) groups is 1. The second-order valence-corrected chi connectivity index (χ2v) is 8.73. The third kappa shape index (κ3) is 4.54. The first-order chi connectivity index (χ1) is 15.9. The smallest absolute Gasteiger partial charge is 0.254 e. The molecule has 1 aliphatic heterocycles. The van der Waals surface area contributed by atoms with Gasteiger partial charge in [0.1, 0.15) is 0 Å². The SMILES string of the molecule is CCCC#Cc1nc(-c2cc(C(=O)N3CC(c4ccc(C#N)cc4)C3)c(C)cc2C)c(C)[nH]1. The van der Waals surface area contributed by atoms with E-state index in [1.54, 1.807) is 0 Å². The average molecular weight is 437 g/mol. The summed E-state index contributed by atoms with van der Waals surface area (Å²) in [6, 6.07) is 13.8. The van der Waals surface area contributed by atoms with Crippen molar-refractivity contribution in [3.05, 3.63) is 75.7 Å². The number of benzene rings is 2. The molecule has 2 aromatic carbocycles. The number of unbranched alkanes of at least 4 members (excludes halogenated alkanes) is 1. The van der Waals surface area contributed by atoms with Gasteiger partial charge in [0.05, 0.1) is 17.3 Å². The number of carbonyl (C=O) groups excluding carboxylic acids is 1. The van der Waals surface area contributed by atoms with Gasteiger partial charge >= 0.3 is 0 Å². The van der Waals surface area contributed by atoms with Crippen LogP contribution >= 0.6 is 0 Å². The fraction of sp³-hybridized carbons (Fsp3) is 0.321. The van der Waals surface area contributed by atoms with Crippen molar-refractivity contribution in [1.29, 1.82) is 5.26 Å². The number of aromatic amines is 1. The molecule has 1 aliphatic rings. The van der Waals surface area contributed by atoms with E-state index in [1.807, 2.05) is 49.1 Å². The molecular formula is C28H28N4O. The van der Waals surface area contributed by atoms with Crippen molar-refractivity contribution in [3.8, 4) is 29.2 Å². The molecule has 166 valence electrons. The van der Waals surface area contributed by atoms with Gasteiger partial charge in [-0.15, -0.1) is 0 Å². The molecule has 1 amide bonds. The van der Waals surface area contributed by atoms with Crippen LogP contribution in [0.4, 0.5) is 0 Å². The number of hydrogen-bond acceptors (Lipinski definition) is 3. The van der Waals surface area contributed by atoms with Crippen LogP contribution in [0.2, 0.25) is 0 Å². The molecule has 1 aromatic heterocycles. The lowest BCUT2D eigenvalue weighted by atomic mass is 9.89. The summed E-state index contributed by atoms with van der Waals surface area (Å²) in [5, 5.41) is 8.98. The van der Waals surface area contributed by atoms with Gasteiger partial charge in [-0.3, -0.25) is 4.79 Å². The molecule has 0 bridgehead atoms. The van der Waals surface area contributed by atoms with Crippen molar-refractivity contribution in [2.24, 2.45) is 0 Å². The average Bonchev–Trinajstić information content (AvgIpc) is 3.13. The van der Waals surface area contributed by atoms with Gasteiger partial charge in [0.25, 0.3) is 5.91 Å². The Morgan fingerprint density at radius 3 is 2.55 bits per heavy atom. The maximum atomic E-state index is 13.3. The zero-order valence-electron chi connectivity index (χ0n) is 19.6. The van der Waals surface area contributed by atoms with Crippen molar-refractivity contribution in [2.45, 2.75) is 46.5 Å². The summed E-state index contributed by atoms with van der Waals surface area (Å²) in [7, 11) is 0. The Morgan fingerprint density at radius 2 is 1.88 bits per heavy atom. The lowest BCUT2D eigenvalue weighted by Crippen LogP contribution is -2.48. The molecule has 1 fully saturated rings. The fourth-order valence-corrected chi connectivity index (χ4v) is 4.25. The van der Waals surface area contributed by atoms with Gasteiger partial charge in [0, 0.05) is 42.2 Å². The minimum atomic E-state index is 0.0507. The fourth-order valence-electron chi connectivity index (χ4n) is 4.25. The topological polar surface area (TPSA) is 72.8 Å². The van der Waals surface area contributed by atoms with Crippen LogP contribution in [0.25, 0.3) is 11.3 Å². The number of nitriles is 1. The molecule has 0 unspecified atom stereocenters. The third-order valence-electron chi connectivity index (χ3n) is 6.20. The highest BCUT2D eigenvalue weighted by molar-refractivity contribution is 5.98. The molecule has 0 aliphatic carbocycles. The first kappa shape index (κ1) is 22.4. The quantitative estimate of drug-likeness (QED) is 0.567. The van der Waals surface area contributed by atoms with E-state index in [-0.39, 0.29) is 5.91 Å². The first-order valence-electron chi connectivity index (χ1n) is 11.4. The number of imidazole rings is 1. The molecule has 4 rings (SSSR count). The number of nitrogens with zero attached hydrogens (tertiary/aromatic N) is 3. The van der Waals surface area contributed by atoms with E-state index in [0.717, 1.165) is 46.5 Å². The van der Waals surface area contributed by atoms with Gasteiger partial charge in [-0.25, -0.2) is 4.98 Å². The van der Waals surface area contributed by atoms with Crippen LogP contribution in [0.5, 0.6) is 0 Å². The van der Waals surface area contributed by atoms with Gasteiger partial charge in [-0.05, 0) is 68.0 Å². The minimum Gasteiger partial charge on any atom is -0.337 e. The molecule has 1 N–H and O–H groups in total. The van der Waals surface area contributed by atoms with Gasteiger partial charge in [0.2, 0.25) is 0 Å². The van der Waals surface area contributed by atoms with Gasteiger partial charge < -0.3 is 9.88 Å². The molecule has 5 heteroatoms. The Bertz CT molecular complexity index is 1290. The molecule has 0 atom stereocenters. The largest absolute Gasteiger partial charge is 0.337 e. The number of likely N-dealkylation sites (tertiary alicyclic amines) is 1. The number of H-pyrrole nitrogens is 1. The third-order valence-corrected chi connectivity index (χ3v) is 6.20. The highest BCUT2D eigenvalue weighted by Crippen LogP contribution is 2.32. The Balaban J connectivity index is 1.55. The maximum Gasteiger partial charge on any atom is 0.254 e. The number of hydrogen-bond donors (Lipinski definition) is 1. The number of amides is 1. The molecule has 5 nitrogen and oxygen atoms in total. The summed E-state index contributed by atoms with van der Waals surface area (Å²) in [5.74, 6) is 7.25. The van der Waals surface area contributed by atoms with Gasteiger partial charge in [0.15, 0.2) is 5.82 Å². The molecule has 0 saturated carbocycles. The lowest BCUT2D eigenvalue weighted by Gasteiger charge is -2.40. The van der Waals surface area contributed by atoms with E-state index >= 15 is 0 Å². The number of rotatable bonds is 4. The van der Waals surface area contributed by atoms with Crippen LogP contribution in [0, 0.1) is 43.9 Å². The van der Waals surface area contributed by atoms with Crippen molar-refractivity contribution >= 4 is 5.91 Å². The predicted molar refractivity (Wildman–Crippen MR) is 130 cm³/mol. The second-order valence-electron chi connectivity index (χ2n) is 8.73. The maximum absolute atomic E-state index is 13.3. The van der Waals surface area contributed by atoms with Crippen molar-refractivity contribution in [2.75, 3.05) is 13.1 Å². The Morgan fingerprint density at radius 1 is 1.15 bits per heavy atom. The number of aromatic nitrogens is 2. The highest BCUT2D eigenvalue weighted by atomic mass is 16.2. The molecule has 33 heavy (non-hydrogen) atoms. The van der Waals surface area contributed by atoms with Crippen LogP contribution in [-0.4, -0.2) is 33.9 Å². The molecule has 0 spiro atoms. The Hall–Kier alpha value is -3.83. The van der Waals surface area contributed by atoms with Crippen molar-refractivity contribution in [3.63, 3.8) is 0 Å². The van der Waals surface area contributed by atoms with Crippen molar-refractivity contribution < 1.29 is 4.79 Å². The molecule has 0 radical (unpaired) electrons. The van der Waals surface area contributed by atoms with E-state index in [4.69, 9.17) is 10.2 Å². The van der Waals surface area contributed by atoms with Crippen molar-refractivity contribution in [1.82, 2.24) is 14.9 Å². The van der Waals surface area contributed by atoms with E-state index in [2.05, 4.69) is 42.8 Å². The summed E-state index contributed by atoms with van der Waals surface area (Å²) in [5.41, 5.74) is 7.36. The highest BCUT2D eigenvalue weighted by Gasteiger charge is 2.33. The molecule has 3 aromatic rings. The standard InChI is InChI=1S/C28H28N4O/c1-5-6-7-8-26-30-20(4)27(31-26)24-14-25(19(3)13-18(24)2)28(33)32-16-23(17-32)22-11-9-21(15-29)10-12-22/h9-14,23H,5-6,16-17H2,1-4H3,(H,30,31). The summed E-state index contributed by atoms with van der Waals surface area (Å²) < 4.78 is 0. The zero-order valence-corrected chi connectivity index (χ0v) is 19.6. The zero-order chi connectivity index (χ0) is 23.5. The first-order valence-corrected chi connectivity index (χ1v) is 11.4. The van der Waals surface area contributed by atoms with Crippen LogP contribution in [-0.2, 0) is 0 Å². The number of aryl methyl sites for hydroxylation is 3. The minimum absolute atomic E-state index is 0.0507. The molecule has 2 heterocycles. The van der Waals surface area contributed by atoms with Crippen LogP contribution in [0.3, 0.4) is 0 Å². The monoisotopic (exact) mass is 436 g/mol. The lowest BCUT2D eigenvalue weighted by molar-refractivity contribution is 0.0601. The molecule has 1 saturated heterocycles.